The Kier molecular flexibility index (Phi) is 4.81. The van der Waals surface area contributed by atoms with Crippen LogP contribution in [0.2, 0.25) is 0 Å². The molecule has 1 amide bonds. The molecule has 5 nitrogen and oxygen atoms in total. The lowest BCUT2D eigenvalue weighted by atomic mass is 10.1. The van der Waals surface area contributed by atoms with Crippen LogP contribution in [0.3, 0.4) is 0 Å². The number of nitrogens with one attached hydrogen (secondary N) is 2. The highest BCUT2D eigenvalue weighted by Gasteiger charge is 2.15. The van der Waals surface area contributed by atoms with Gasteiger partial charge in [0, 0.05) is 17.3 Å². The normalized spacial score (nSPS) is 10.9. The minimum absolute atomic E-state index is 0.0274. The van der Waals surface area contributed by atoms with Crippen molar-refractivity contribution in [1.29, 1.82) is 0 Å². The third-order valence-electron chi connectivity index (χ3n) is 3.26. The van der Waals surface area contributed by atoms with Crippen molar-refractivity contribution < 1.29 is 4.79 Å². The summed E-state index contributed by atoms with van der Waals surface area (Å²) < 4.78 is 1.07. The van der Waals surface area contributed by atoms with Gasteiger partial charge in [0.25, 0.3) is 0 Å². The van der Waals surface area contributed by atoms with Crippen LogP contribution in [0.1, 0.15) is 38.8 Å². The van der Waals surface area contributed by atoms with Gasteiger partial charge < -0.3 is 5.32 Å². The maximum atomic E-state index is 12.0. The number of carbonyl (C=O) groups is 1. The molecule has 1 aromatic heterocycles. The number of hydrazone groups is 1. The summed E-state index contributed by atoms with van der Waals surface area (Å²) in [7, 11) is 0. The number of aromatic nitrogens is 1. The van der Waals surface area contributed by atoms with Gasteiger partial charge in [0.1, 0.15) is 0 Å². The summed E-state index contributed by atoms with van der Waals surface area (Å²) in [6.45, 7) is 11.6. The first kappa shape index (κ1) is 16.4. The van der Waals surface area contributed by atoms with Crippen LogP contribution in [0.25, 0.3) is 10.2 Å². The molecule has 0 saturated heterocycles. The molecule has 0 bridgehead atoms. The van der Waals surface area contributed by atoms with Gasteiger partial charge in [-0.3, -0.25) is 10.2 Å². The monoisotopic (exact) mass is 318 g/mol. The number of fused-ring (bicyclic) bond motifs is 1. The van der Waals surface area contributed by atoms with Crippen molar-refractivity contribution in [3.05, 3.63) is 17.2 Å². The van der Waals surface area contributed by atoms with Crippen LogP contribution in [-0.2, 0) is 4.79 Å². The summed E-state index contributed by atoms with van der Waals surface area (Å²) in [6.07, 6.45) is 0. The Hall–Kier alpha value is -1.95. The number of hydrogen-bond acceptors (Lipinski definition) is 5. The van der Waals surface area contributed by atoms with E-state index in [-0.39, 0.29) is 11.8 Å². The number of aryl methyl sites for hydroxylation is 2. The number of benzene rings is 1. The molecule has 1 heterocycles. The summed E-state index contributed by atoms with van der Waals surface area (Å²) in [5.74, 6) is -0.0188. The lowest BCUT2D eigenvalue weighted by molar-refractivity contribution is -0.118. The largest absolute Gasteiger partial charge is 0.325 e. The van der Waals surface area contributed by atoms with Gasteiger partial charge in [-0.15, -0.1) is 0 Å². The fourth-order valence-electron chi connectivity index (χ4n) is 2.05. The molecule has 0 unspecified atom stereocenters. The number of carbonyl (C=O) groups excluding carboxylic acids is 1. The molecule has 0 aliphatic rings. The Bertz CT molecular complexity index is 742. The zero-order valence-corrected chi connectivity index (χ0v) is 14.7. The smallest absolute Gasteiger partial charge is 0.226 e. The number of amides is 1. The SMILES string of the molecule is CC(C)=NNc1nc2cc(C)c(NC(=O)C(C)C)c(C)c2s1. The van der Waals surface area contributed by atoms with Gasteiger partial charge >= 0.3 is 0 Å². The molecule has 0 radical (unpaired) electrons. The molecule has 0 spiro atoms. The zero-order valence-electron chi connectivity index (χ0n) is 13.9. The molecule has 2 N–H and O–H groups in total. The average molecular weight is 318 g/mol. The van der Waals surface area contributed by atoms with Crippen LogP contribution < -0.4 is 10.7 Å². The molecule has 22 heavy (non-hydrogen) atoms. The highest BCUT2D eigenvalue weighted by molar-refractivity contribution is 7.22. The predicted molar refractivity (Wildman–Crippen MR) is 95.0 cm³/mol. The highest BCUT2D eigenvalue weighted by Crippen LogP contribution is 2.35. The molecule has 0 aliphatic heterocycles. The van der Waals surface area contributed by atoms with E-state index in [4.69, 9.17) is 0 Å². The van der Waals surface area contributed by atoms with E-state index in [0.717, 1.165) is 37.9 Å². The van der Waals surface area contributed by atoms with Crippen LogP contribution in [0.5, 0.6) is 0 Å². The van der Waals surface area contributed by atoms with Crippen molar-refractivity contribution in [3.8, 4) is 0 Å². The molecule has 6 heteroatoms. The number of rotatable bonds is 4. The van der Waals surface area contributed by atoms with E-state index in [1.54, 1.807) is 11.3 Å². The Morgan fingerprint density at radius 2 is 2.00 bits per heavy atom. The van der Waals surface area contributed by atoms with Gasteiger partial charge in [0.2, 0.25) is 11.0 Å². The van der Waals surface area contributed by atoms with Crippen molar-refractivity contribution in [2.45, 2.75) is 41.5 Å². The second-order valence-corrected chi connectivity index (χ2v) is 6.87. The van der Waals surface area contributed by atoms with Crippen LogP contribution in [-0.4, -0.2) is 16.6 Å². The maximum Gasteiger partial charge on any atom is 0.226 e. The van der Waals surface area contributed by atoms with Crippen molar-refractivity contribution in [2.24, 2.45) is 11.0 Å². The van der Waals surface area contributed by atoms with E-state index >= 15 is 0 Å². The van der Waals surface area contributed by atoms with E-state index in [0.29, 0.717) is 0 Å². The standard InChI is InChI=1S/C16H22N4OS/c1-8(2)15(21)18-13-10(5)7-12-14(11(13)6)22-16(17-12)20-19-9(3)4/h7-8H,1-6H3,(H,17,20)(H,18,21). The molecule has 1 aromatic carbocycles. The van der Waals surface area contributed by atoms with Gasteiger partial charge in [0.05, 0.1) is 10.2 Å². The quantitative estimate of drug-likeness (QED) is 0.652. The number of hydrogen-bond donors (Lipinski definition) is 2. The Balaban J connectivity index is 2.43. The van der Waals surface area contributed by atoms with Gasteiger partial charge in [0.15, 0.2) is 0 Å². The second-order valence-electron chi connectivity index (χ2n) is 5.88. The maximum absolute atomic E-state index is 12.0. The lowest BCUT2D eigenvalue weighted by Gasteiger charge is -2.13. The first-order chi connectivity index (χ1) is 10.3. The Labute approximate surface area is 134 Å². The van der Waals surface area contributed by atoms with Crippen LogP contribution in [0.15, 0.2) is 11.2 Å². The summed E-state index contributed by atoms with van der Waals surface area (Å²) >= 11 is 1.54. The van der Waals surface area contributed by atoms with E-state index in [2.05, 4.69) is 20.8 Å². The van der Waals surface area contributed by atoms with E-state index in [1.165, 1.54) is 0 Å². The molecule has 0 saturated carbocycles. The van der Waals surface area contributed by atoms with Gasteiger partial charge in [-0.1, -0.05) is 25.2 Å². The third-order valence-corrected chi connectivity index (χ3v) is 4.36. The summed E-state index contributed by atoms with van der Waals surface area (Å²) in [5.41, 5.74) is 7.79. The van der Waals surface area contributed by atoms with Gasteiger partial charge in [-0.25, -0.2) is 4.98 Å². The second kappa shape index (κ2) is 6.44. The van der Waals surface area contributed by atoms with Crippen LogP contribution in [0, 0.1) is 19.8 Å². The molecule has 2 aromatic rings. The minimum Gasteiger partial charge on any atom is -0.325 e. The van der Waals surface area contributed by atoms with E-state index < -0.39 is 0 Å². The van der Waals surface area contributed by atoms with Gasteiger partial charge in [-0.05, 0) is 44.9 Å². The summed E-state index contributed by atoms with van der Waals surface area (Å²) in [4.78, 5) is 16.5. The number of anilines is 2. The Morgan fingerprint density at radius 3 is 2.59 bits per heavy atom. The number of nitrogens with zero attached hydrogens (tertiary/aromatic N) is 2. The predicted octanol–water partition coefficient (Wildman–Crippen LogP) is 4.32. The van der Waals surface area contributed by atoms with Crippen LogP contribution >= 0.6 is 11.3 Å². The van der Waals surface area contributed by atoms with Crippen molar-refractivity contribution in [2.75, 3.05) is 10.7 Å². The topological polar surface area (TPSA) is 66.4 Å². The molecular weight excluding hydrogens is 296 g/mol. The van der Waals surface area contributed by atoms with Gasteiger partial charge in [-0.2, -0.15) is 5.10 Å². The molecule has 118 valence electrons. The molecule has 2 rings (SSSR count). The lowest BCUT2D eigenvalue weighted by Crippen LogP contribution is -2.19. The highest BCUT2D eigenvalue weighted by atomic mass is 32.1. The molecule has 0 aliphatic carbocycles. The van der Waals surface area contributed by atoms with E-state index in [1.807, 2.05) is 47.6 Å². The Morgan fingerprint density at radius 1 is 1.32 bits per heavy atom. The first-order valence-electron chi connectivity index (χ1n) is 7.28. The third kappa shape index (κ3) is 3.44. The summed E-state index contributed by atoms with van der Waals surface area (Å²) in [6, 6.07) is 2.00. The van der Waals surface area contributed by atoms with Crippen molar-refractivity contribution in [1.82, 2.24) is 4.98 Å². The molecular formula is C16H22N4OS. The fourth-order valence-corrected chi connectivity index (χ4v) is 2.95. The van der Waals surface area contributed by atoms with Crippen LogP contribution in [0.4, 0.5) is 10.8 Å². The van der Waals surface area contributed by atoms with Crippen molar-refractivity contribution >= 4 is 44.0 Å². The van der Waals surface area contributed by atoms with E-state index in [9.17, 15) is 4.79 Å². The zero-order chi connectivity index (χ0) is 16.4. The first-order valence-corrected chi connectivity index (χ1v) is 8.09. The molecule has 0 atom stereocenters. The van der Waals surface area contributed by atoms with Crippen molar-refractivity contribution in [3.63, 3.8) is 0 Å². The minimum atomic E-state index is -0.0462. The molecule has 0 fully saturated rings. The average Bonchev–Trinajstić information content (AvgIpc) is 2.83. The number of thiazole rings is 1. The summed E-state index contributed by atoms with van der Waals surface area (Å²) in [5, 5.41) is 7.96. The fraction of sp³-hybridized carbons (Fsp3) is 0.438.